The quantitative estimate of drug-likeness (QED) is 0.0625. The number of carbonyl (C=O) groups is 3. The molecule has 0 saturated carbocycles. The number of halogens is 2. The third kappa shape index (κ3) is 9.11. The molecule has 17 heteroatoms. The van der Waals surface area contributed by atoms with Crippen LogP contribution in [-0.2, 0) is 25.4 Å². The van der Waals surface area contributed by atoms with Gasteiger partial charge in [0.2, 0.25) is 5.90 Å². The third-order valence-corrected chi connectivity index (χ3v) is 9.28. The Labute approximate surface area is 274 Å². The second-order valence-corrected chi connectivity index (χ2v) is 13.6. The van der Waals surface area contributed by atoms with Crippen molar-refractivity contribution in [2.75, 3.05) is 37.7 Å². The summed E-state index contributed by atoms with van der Waals surface area (Å²) < 4.78 is 45.6. The molecule has 4 rings (SSSR count). The van der Waals surface area contributed by atoms with Gasteiger partial charge in [0.1, 0.15) is 18.2 Å². The van der Waals surface area contributed by atoms with Crippen molar-refractivity contribution in [1.82, 2.24) is 4.90 Å². The van der Waals surface area contributed by atoms with Crippen molar-refractivity contribution >= 4 is 43.1 Å². The minimum atomic E-state index is -4.30. The third-order valence-electron chi connectivity index (χ3n) is 7.76. The number of aliphatic hydroxyl groups excluding tert-OH is 2. The molecule has 14 nitrogen and oxygen atoms in total. The zero-order valence-electron chi connectivity index (χ0n) is 25.7. The number of hydrogen-bond donors (Lipinski definition) is 6. The summed E-state index contributed by atoms with van der Waals surface area (Å²) in [6, 6.07) is 7.91. The molecule has 2 aliphatic heterocycles. The number of ether oxygens (including phenoxy) is 3. The van der Waals surface area contributed by atoms with E-state index in [4.69, 9.17) is 24.7 Å². The van der Waals surface area contributed by atoms with Gasteiger partial charge in [0, 0.05) is 24.7 Å². The molecule has 0 spiro atoms. The number of amides is 2. The number of aliphatic hydroxyl groups is 2. The first-order valence-electron chi connectivity index (χ1n) is 14.8. The molecule has 1 unspecified atom stereocenters. The topological polar surface area (TPSA) is 210 Å². The summed E-state index contributed by atoms with van der Waals surface area (Å²) in [6.45, 7) is 0.459. The van der Waals surface area contributed by atoms with Crippen LogP contribution in [0.25, 0.3) is 5.57 Å². The second-order valence-electron chi connectivity index (χ2n) is 11.3. The van der Waals surface area contributed by atoms with Crippen molar-refractivity contribution in [3.63, 3.8) is 0 Å². The number of esters is 1. The Morgan fingerprint density at radius 1 is 1.15 bits per heavy atom. The SMILES string of the molecule is CC(Cc1ccc(C(=O)OC[C@H](O)C(=O)N2CC=C(c3c(F)cc(N4C[C@H](COC(=N)/C=C\O)OC4=O)cc3F)CC2)cc1)[PH](O)(O)O. The van der Waals surface area contributed by atoms with Crippen molar-refractivity contribution in [2.45, 2.75) is 37.6 Å². The summed E-state index contributed by atoms with van der Waals surface area (Å²) in [5, 5.41) is 26.5. The van der Waals surface area contributed by atoms with E-state index < -0.39 is 62.0 Å². The van der Waals surface area contributed by atoms with E-state index in [-0.39, 0.29) is 67.4 Å². The number of nitrogens with one attached hydrogen (secondary N) is 1. The first kappa shape index (κ1) is 36.4. The molecule has 0 radical (unpaired) electrons. The van der Waals surface area contributed by atoms with Crippen molar-refractivity contribution in [3.8, 4) is 0 Å². The summed E-state index contributed by atoms with van der Waals surface area (Å²) in [4.78, 5) is 68.0. The van der Waals surface area contributed by atoms with Crippen LogP contribution in [0.2, 0.25) is 0 Å². The van der Waals surface area contributed by atoms with Crippen LogP contribution in [-0.4, -0.2) is 104 Å². The number of hydrogen-bond acceptors (Lipinski definition) is 12. The minimum absolute atomic E-state index is 0.0104. The molecule has 1 fully saturated rings. The molecule has 2 heterocycles. The van der Waals surface area contributed by atoms with Crippen molar-refractivity contribution in [1.29, 1.82) is 5.41 Å². The molecule has 1 saturated heterocycles. The number of cyclic esters (lactones) is 1. The number of benzene rings is 2. The van der Waals surface area contributed by atoms with Crippen molar-refractivity contribution in [2.24, 2.45) is 0 Å². The van der Waals surface area contributed by atoms with Gasteiger partial charge in [0.25, 0.3) is 0 Å². The maximum absolute atomic E-state index is 15.2. The molecular formula is C31H36F2N3O11P. The molecule has 2 aromatic carbocycles. The Kier molecular flexibility index (Phi) is 11.8. The fourth-order valence-corrected chi connectivity index (χ4v) is 5.53. The van der Waals surface area contributed by atoms with E-state index >= 15 is 8.78 Å². The van der Waals surface area contributed by atoms with E-state index in [2.05, 4.69) is 0 Å². The Hall–Kier alpha value is -4.47. The van der Waals surface area contributed by atoms with Crippen LogP contribution in [0, 0.1) is 17.0 Å². The average molecular weight is 696 g/mol. The van der Waals surface area contributed by atoms with Crippen LogP contribution in [0.1, 0.15) is 34.8 Å². The molecule has 2 aromatic rings. The standard InChI is InChI=1S/C31H36F2N3O11P/c1-18(48(42,43)44)12-19-2-4-21(5-3-19)30(40)46-17-26(38)29(39)35-9-6-20(7-10-35)28-24(32)13-22(14-25(28)33)36-15-23(47-31(36)41)16-45-27(34)8-11-37/h2-6,8,11,13-14,18,23,26,34,37-38,42-44,48H,7,9-10,12,15-17H2,1H3/b11-8-,34-27?/t18?,23-,26+/m1/s1. The van der Waals surface area contributed by atoms with Gasteiger partial charge in [-0.2, -0.15) is 0 Å². The van der Waals surface area contributed by atoms with Crippen LogP contribution in [0.4, 0.5) is 19.3 Å². The van der Waals surface area contributed by atoms with E-state index in [1.54, 1.807) is 12.1 Å². The van der Waals surface area contributed by atoms with Gasteiger partial charge in [0.15, 0.2) is 6.10 Å². The van der Waals surface area contributed by atoms with Gasteiger partial charge < -0.3 is 14.6 Å². The molecule has 0 bridgehead atoms. The van der Waals surface area contributed by atoms with Crippen LogP contribution in [0.5, 0.6) is 0 Å². The zero-order chi connectivity index (χ0) is 35.2. The molecule has 3 atom stereocenters. The average Bonchev–Trinajstić information content (AvgIpc) is 3.42. The predicted molar refractivity (Wildman–Crippen MR) is 169 cm³/mol. The van der Waals surface area contributed by atoms with Gasteiger partial charge in [-0.1, -0.05) is 6.08 Å². The Bertz CT molecular complexity index is 1570. The van der Waals surface area contributed by atoms with E-state index in [1.165, 1.54) is 30.0 Å². The number of anilines is 1. The molecule has 0 aromatic heterocycles. The van der Waals surface area contributed by atoms with E-state index in [9.17, 15) is 34.2 Å². The van der Waals surface area contributed by atoms with Crippen molar-refractivity contribution in [3.05, 3.63) is 83.1 Å². The number of rotatable bonds is 12. The summed E-state index contributed by atoms with van der Waals surface area (Å²) in [6.07, 6.45) is -0.149. The molecule has 48 heavy (non-hydrogen) atoms. The van der Waals surface area contributed by atoms with Gasteiger partial charge >= 0.3 is 132 Å². The van der Waals surface area contributed by atoms with Gasteiger partial charge in [-0.3, -0.25) is 10.3 Å². The number of nitrogens with zero attached hydrogens (tertiary/aromatic N) is 2. The van der Waals surface area contributed by atoms with E-state index in [1.807, 2.05) is 0 Å². The second kappa shape index (κ2) is 15.6. The zero-order valence-corrected chi connectivity index (χ0v) is 26.7. The molecule has 2 amide bonds. The summed E-state index contributed by atoms with van der Waals surface area (Å²) in [5.74, 6) is -3.83. The molecular weight excluding hydrogens is 659 g/mol. The predicted octanol–water partition coefficient (Wildman–Crippen LogP) is 2.59. The fourth-order valence-electron chi connectivity index (χ4n) is 5.02. The van der Waals surface area contributed by atoms with E-state index in [0.717, 1.165) is 23.1 Å². The normalized spacial score (nSPS) is 18.3. The monoisotopic (exact) mass is 695 g/mol. The van der Waals surface area contributed by atoms with Gasteiger partial charge in [-0.25, -0.2) is 13.6 Å². The molecule has 6 N–H and O–H groups in total. The summed E-state index contributed by atoms with van der Waals surface area (Å²) in [5.41, 5.74) is -0.154. The Morgan fingerprint density at radius 2 is 1.81 bits per heavy atom. The van der Waals surface area contributed by atoms with Gasteiger partial charge in [-0.05, 0) is 24.1 Å². The van der Waals surface area contributed by atoms with Crippen molar-refractivity contribution < 1.29 is 62.3 Å². The van der Waals surface area contributed by atoms with Gasteiger partial charge in [-0.15, -0.1) is 0 Å². The van der Waals surface area contributed by atoms with Crippen LogP contribution >= 0.6 is 7.94 Å². The van der Waals surface area contributed by atoms with Crippen LogP contribution < -0.4 is 4.90 Å². The first-order chi connectivity index (χ1) is 22.7. The first-order valence-corrected chi connectivity index (χ1v) is 16.7. The molecule has 2 aliphatic rings. The summed E-state index contributed by atoms with van der Waals surface area (Å²) in [7, 11) is -4.30. The fraction of sp³-hybridized carbons (Fsp3) is 0.355. The Morgan fingerprint density at radius 3 is 2.40 bits per heavy atom. The summed E-state index contributed by atoms with van der Waals surface area (Å²) >= 11 is 0. The maximum atomic E-state index is 15.2. The molecule has 260 valence electrons. The van der Waals surface area contributed by atoms with Crippen LogP contribution in [0.15, 0.2) is 54.8 Å². The van der Waals surface area contributed by atoms with E-state index in [0.29, 0.717) is 11.8 Å². The molecule has 0 aliphatic carbocycles. The van der Waals surface area contributed by atoms with Gasteiger partial charge in [0.05, 0.1) is 18.5 Å². The van der Waals surface area contributed by atoms with Crippen LogP contribution in [0.3, 0.4) is 0 Å². The number of carbonyl (C=O) groups excluding carboxylic acids is 3. The Balaban J connectivity index is 1.30.